The van der Waals surface area contributed by atoms with Crippen LogP contribution >= 0.6 is 0 Å². The first-order chi connectivity index (χ1) is 27.4. The minimum atomic E-state index is -1.01. The maximum Gasteiger partial charge on any atom is 0.137 e. The normalized spacial score (nSPS) is 47.5. The molecule has 2 spiro atoms. The third-order valence-corrected chi connectivity index (χ3v) is 16.7. The van der Waals surface area contributed by atoms with Crippen LogP contribution < -0.4 is 21.5 Å². The molecule has 3 aliphatic heterocycles. The SMILES string of the molecule is COC1CC(CCC2CC(O)C(CCO)C(C3CC(OC)C(O)C(OCC4[NH2+]C(C)CC5(CCCC5)C45C(C(=O)[O-])C=CC5C4CC[NH2+]C(N)C4)C3)O2)CCC1O. The Kier molecular flexibility index (Phi) is 14.5. The van der Waals surface area contributed by atoms with Crippen molar-refractivity contribution in [2.24, 2.45) is 52.1 Å². The second kappa shape index (κ2) is 18.8. The number of aliphatic carboxylic acids is 1. The molecule has 0 aromatic rings. The van der Waals surface area contributed by atoms with Crippen molar-refractivity contribution in [3.05, 3.63) is 12.2 Å². The van der Waals surface area contributed by atoms with Crippen molar-refractivity contribution < 1.29 is 59.9 Å². The Labute approximate surface area is 340 Å². The number of fused-ring (bicyclic) bond motifs is 1. The molecule has 7 aliphatic rings. The highest BCUT2D eigenvalue weighted by atomic mass is 16.5. The molecule has 0 amide bonds. The lowest BCUT2D eigenvalue weighted by atomic mass is 9.45. The van der Waals surface area contributed by atoms with Gasteiger partial charge in [0.15, 0.2) is 0 Å². The van der Waals surface area contributed by atoms with Gasteiger partial charge in [-0.2, -0.15) is 0 Å². The van der Waals surface area contributed by atoms with Crippen molar-refractivity contribution in [3.63, 3.8) is 0 Å². The van der Waals surface area contributed by atoms with Crippen LogP contribution in [0, 0.1) is 46.3 Å². The lowest BCUT2D eigenvalue weighted by molar-refractivity contribution is -0.754. The smallest absolute Gasteiger partial charge is 0.137 e. The number of ether oxygens (including phenoxy) is 4. The first-order valence-electron chi connectivity index (χ1n) is 22.7. The number of piperidine rings is 2. The number of aliphatic hydroxyl groups is 4. The fourth-order valence-corrected chi connectivity index (χ4v) is 14.3. The van der Waals surface area contributed by atoms with Crippen molar-refractivity contribution in [2.45, 2.75) is 177 Å². The van der Waals surface area contributed by atoms with Crippen molar-refractivity contribution in [1.82, 2.24) is 0 Å². The van der Waals surface area contributed by atoms with E-state index in [-0.39, 0.29) is 72.3 Å². The first-order valence-corrected chi connectivity index (χ1v) is 22.7. The zero-order chi connectivity index (χ0) is 40.5. The number of hydrogen-bond donors (Lipinski definition) is 7. The molecular formula is C44H76N3O10+. The summed E-state index contributed by atoms with van der Waals surface area (Å²) in [6.07, 6.45) is 13.6. The molecule has 3 saturated heterocycles. The summed E-state index contributed by atoms with van der Waals surface area (Å²) in [6, 6.07) is 0.117. The van der Waals surface area contributed by atoms with Gasteiger partial charge < -0.3 is 59.9 Å². The number of methoxy groups -OCH3 is 2. The van der Waals surface area contributed by atoms with Gasteiger partial charge in [-0.3, -0.25) is 5.73 Å². The molecule has 7 rings (SSSR count). The number of carboxylic acid groups (broad SMARTS) is 1. The standard InChI is InChI=1S/C44H75N3O10/c1-25-23-43(14-4-5-15-43)44(31(9-10-32(44)42(52)53)27-12-16-46-39(45)21-27)38(47-25)24-56-37-20-28(19-36(55-3)40(37)51)41-30(13-17-48)34(50)22-29(57-41)8-6-26-7-11-33(49)35(18-26)54-2/h9-10,25-41,46-51H,4-8,11-24,45H2,1-3H3,(H,52,53)/p+1. The molecule has 3 saturated carbocycles. The maximum atomic E-state index is 13.3. The van der Waals surface area contributed by atoms with E-state index in [1.54, 1.807) is 14.2 Å². The van der Waals surface area contributed by atoms with Gasteiger partial charge in [-0.1, -0.05) is 25.0 Å². The van der Waals surface area contributed by atoms with Crippen molar-refractivity contribution in [3.8, 4) is 0 Å². The van der Waals surface area contributed by atoms with E-state index in [0.717, 1.165) is 83.6 Å². The second-order valence-corrected chi connectivity index (χ2v) is 19.7. The Morgan fingerprint density at radius 3 is 2.37 bits per heavy atom. The Hall–Kier alpha value is -1.23. The molecule has 0 bridgehead atoms. The molecule has 13 heteroatoms. The Morgan fingerprint density at radius 2 is 1.67 bits per heavy atom. The highest BCUT2D eigenvalue weighted by molar-refractivity contribution is 5.73. The van der Waals surface area contributed by atoms with Gasteiger partial charge in [0.2, 0.25) is 0 Å². The van der Waals surface area contributed by atoms with Crippen molar-refractivity contribution in [1.29, 1.82) is 0 Å². The molecule has 0 aromatic carbocycles. The van der Waals surface area contributed by atoms with Crippen LogP contribution in [0.1, 0.15) is 110 Å². The van der Waals surface area contributed by atoms with Gasteiger partial charge >= 0.3 is 0 Å². The number of allylic oxidation sites excluding steroid dienone is 1. The summed E-state index contributed by atoms with van der Waals surface area (Å²) in [5.74, 6) is -1.37. The van der Waals surface area contributed by atoms with Crippen LogP contribution in [0.2, 0.25) is 0 Å². The summed E-state index contributed by atoms with van der Waals surface area (Å²) in [7, 11) is 3.28. The molecule has 3 heterocycles. The van der Waals surface area contributed by atoms with Gasteiger partial charge in [0.05, 0.1) is 61.9 Å². The second-order valence-electron chi connectivity index (χ2n) is 19.7. The number of hydrogen-bond acceptors (Lipinski definition) is 11. The van der Waals surface area contributed by atoms with Crippen molar-refractivity contribution in [2.75, 3.05) is 34.0 Å². The van der Waals surface area contributed by atoms with E-state index in [1.807, 2.05) is 6.08 Å². The molecule has 0 aromatic heterocycles. The Balaban J connectivity index is 1.12. The predicted octanol–water partition coefficient (Wildman–Crippen LogP) is -0.288. The lowest BCUT2D eigenvalue weighted by Gasteiger charge is -2.61. The zero-order valence-electron chi connectivity index (χ0n) is 34.9. The van der Waals surface area contributed by atoms with Crippen LogP contribution in [0.4, 0.5) is 0 Å². The molecule has 4 aliphatic carbocycles. The summed E-state index contributed by atoms with van der Waals surface area (Å²) >= 11 is 0. The van der Waals surface area contributed by atoms with E-state index in [1.165, 1.54) is 0 Å². The molecule has 326 valence electrons. The number of rotatable bonds is 13. The van der Waals surface area contributed by atoms with Gasteiger partial charge in [-0.15, -0.1) is 0 Å². The van der Waals surface area contributed by atoms with Crippen LogP contribution in [0.15, 0.2) is 12.2 Å². The number of carbonyl (C=O) groups is 1. The maximum absolute atomic E-state index is 13.3. The summed E-state index contributed by atoms with van der Waals surface area (Å²) < 4.78 is 25.4. The summed E-state index contributed by atoms with van der Waals surface area (Å²) in [6.45, 7) is 3.43. The van der Waals surface area contributed by atoms with Crippen LogP contribution in [0.3, 0.4) is 0 Å². The van der Waals surface area contributed by atoms with Crippen LogP contribution in [0.5, 0.6) is 0 Å². The molecule has 18 atom stereocenters. The fourth-order valence-electron chi connectivity index (χ4n) is 14.3. The predicted molar refractivity (Wildman–Crippen MR) is 209 cm³/mol. The minimum Gasteiger partial charge on any atom is -0.549 e. The van der Waals surface area contributed by atoms with Crippen LogP contribution in [0.25, 0.3) is 0 Å². The van der Waals surface area contributed by atoms with E-state index in [0.29, 0.717) is 38.2 Å². The third-order valence-electron chi connectivity index (χ3n) is 16.7. The third kappa shape index (κ3) is 8.65. The van der Waals surface area contributed by atoms with Gasteiger partial charge in [-0.05, 0) is 107 Å². The van der Waals surface area contributed by atoms with Crippen LogP contribution in [-0.4, -0.2) is 127 Å². The number of quaternary nitrogens is 2. The number of carboxylic acids is 1. The number of aliphatic hydroxyl groups excluding tert-OH is 4. The van der Waals surface area contributed by atoms with E-state index in [2.05, 4.69) is 23.6 Å². The monoisotopic (exact) mass is 807 g/mol. The quantitative estimate of drug-likeness (QED) is 0.120. The average Bonchev–Trinajstić information content (AvgIpc) is 3.83. The molecule has 57 heavy (non-hydrogen) atoms. The summed E-state index contributed by atoms with van der Waals surface area (Å²) in [5, 5.41) is 61.8. The topological polar surface area (TPSA) is 217 Å². The van der Waals surface area contributed by atoms with Crippen molar-refractivity contribution >= 4 is 5.97 Å². The molecule has 6 fully saturated rings. The Morgan fingerprint density at radius 1 is 0.912 bits per heavy atom. The molecular weight excluding hydrogens is 730 g/mol. The van der Waals surface area contributed by atoms with E-state index >= 15 is 0 Å². The van der Waals surface area contributed by atoms with Gasteiger partial charge in [0, 0.05) is 63.3 Å². The molecule has 13 nitrogen and oxygen atoms in total. The fraction of sp³-hybridized carbons (Fsp3) is 0.932. The highest BCUT2D eigenvalue weighted by Crippen LogP contribution is 2.67. The molecule has 10 N–H and O–H groups in total. The summed E-state index contributed by atoms with van der Waals surface area (Å²) in [4.78, 5) is 13.3. The van der Waals surface area contributed by atoms with E-state index in [4.69, 9.17) is 24.7 Å². The average molecular weight is 807 g/mol. The lowest BCUT2D eigenvalue weighted by Crippen LogP contribution is -3.03. The zero-order valence-corrected chi connectivity index (χ0v) is 34.9. The molecule has 0 radical (unpaired) electrons. The Bertz CT molecular complexity index is 1350. The first kappa shape index (κ1) is 43.8. The van der Waals surface area contributed by atoms with Crippen LogP contribution in [-0.2, 0) is 23.7 Å². The number of nitrogens with two attached hydrogens (primary N) is 3. The largest absolute Gasteiger partial charge is 0.549 e. The van der Waals surface area contributed by atoms with Gasteiger partial charge in [-0.25, -0.2) is 0 Å². The molecule has 18 unspecified atom stereocenters. The van der Waals surface area contributed by atoms with Gasteiger partial charge in [0.1, 0.15) is 18.3 Å². The van der Waals surface area contributed by atoms with E-state index in [9.17, 15) is 30.3 Å². The highest BCUT2D eigenvalue weighted by Gasteiger charge is 2.70. The number of carbonyl (C=O) groups excluding carboxylic acids is 1. The van der Waals surface area contributed by atoms with E-state index < -0.39 is 47.8 Å². The van der Waals surface area contributed by atoms with Gasteiger partial charge in [0.25, 0.3) is 0 Å². The minimum absolute atomic E-state index is 0.00343. The summed E-state index contributed by atoms with van der Waals surface area (Å²) in [5.41, 5.74) is 5.79.